The van der Waals surface area contributed by atoms with E-state index in [4.69, 9.17) is 21.9 Å². The zero-order chi connectivity index (χ0) is 25.0. The van der Waals surface area contributed by atoms with Crippen LogP contribution in [0.15, 0.2) is 4.99 Å². The van der Waals surface area contributed by atoms with Crippen LogP contribution < -0.4 is 22.5 Å². The Bertz CT molecular complexity index is 928. The third-order valence-electron chi connectivity index (χ3n) is 9.38. The first-order chi connectivity index (χ1) is 16.7. The number of nitrogens with two attached hydrogens (primary N) is 3. The van der Waals surface area contributed by atoms with E-state index in [1.807, 2.05) is 0 Å². The van der Waals surface area contributed by atoms with Gasteiger partial charge in [-0.05, 0) is 94.4 Å². The minimum absolute atomic E-state index is 0.0468. The summed E-state index contributed by atoms with van der Waals surface area (Å²) < 4.78 is 6.31. The molecule has 0 radical (unpaired) electrons. The number of likely N-dealkylation sites (N-methyl/N-ethyl adjacent to an activating group) is 1. The van der Waals surface area contributed by atoms with Crippen molar-refractivity contribution >= 4 is 17.8 Å². The lowest BCUT2D eigenvalue weighted by Crippen LogP contribution is -2.66. The Morgan fingerprint density at radius 2 is 1.91 bits per heavy atom. The number of amides is 1. The molecule has 1 amide bonds. The Balaban J connectivity index is 1.29. The number of nitrogens with zero attached hydrogens (tertiary/aromatic N) is 3. The molecule has 10 nitrogen and oxygen atoms in total. The molecule has 1 aliphatic heterocycles. The van der Waals surface area contributed by atoms with Crippen LogP contribution in [0.1, 0.15) is 64.2 Å². The highest BCUT2D eigenvalue weighted by atomic mass is 16.6. The van der Waals surface area contributed by atoms with Crippen molar-refractivity contribution in [2.75, 3.05) is 13.6 Å². The molecule has 6 aliphatic rings. The number of hydrogen-bond acceptors (Lipinski definition) is 7. The first-order valence-corrected chi connectivity index (χ1v) is 13.1. The number of likely N-dealkylation sites (tertiary alicyclic amines) is 1. The van der Waals surface area contributed by atoms with Gasteiger partial charge in [-0.3, -0.25) is 14.6 Å². The van der Waals surface area contributed by atoms with Gasteiger partial charge >= 0.3 is 5.97 Å². The number of carbonyl (C=O) groups is 2. The number of nitriles is 1. The van der Waals surface area contributed by atoms with E-state index in [-0.39, 0.29) is 35.3 Å². The van der Waals surface area contributed by atoms with Crippen molar-refractivity contribution in [3.63, 3.8) is 0 Å². The molecular formula is C25H39N7O3. The molecule has 5 saturated carbocycles. The SMILES string of the molecule is CNC(CCCN=C(N)N)C(=O)OC12CC3CC(C1)CC(C(N)C(=O)N1C(C#N)CC4CC41)(C3)C2. The number of fused-ring (bicyclic) bond motifs is 1. The third-order valence-corrected chi connectivity index (χ3v) is 9.38. The maximum Gasteiger partial charge on any atom is 0.323 e. The third kappa shape index (κ3) is 4.38. The Hall–Kier alpha value is -2.38. The molecule has 0 aromatic rings. The summed E-state index contributed by atoms with van der Waals surface area (Å²) >= 11 is 0. The van der Waals surface area contributed by atoms with Gasteiger partial charge in [0.2, 0.25) is 5.91 Å². The fraction of sp³-hybridized carbons (Fsp3) is 0.840. The number of esters is 1. The highest BCUT2D eigenvalue weighted by Gasteiger charge is 2.64. The summed E-state index contributed by atoms with van der Waals surface area (Å²) in [4.78, 5) is 32.7. The average molecular weight is 486 g/mol. The second-order valence-electron chi connectivity index (χ2n) is 11.9. The van der Waals surface area contributed by atoms with Gasteiger partial charge in [0.1, 0.15) is 17.7 Å². The van der Waals surface area contributed by atoms with Crippen LogP contribution in [0.5, 0.6) is 0 Å². The van der Waals surface area contributed by atoms with Gasteiger partial charge in [-0.2, -0.15) is 5.26 Å². The Labute approximate surface area is 207 Å². The Kier molecular flexibility index (Phi) is 6.20. The number of aliphatic imine (C=N–C) groups is 1. The lowest BCUT2D eigenvalue weighted by atomic mass is 9.46. The summed E-state index contributed by atoms with van der Waals surface area (Å²) in [6.45, 7) is 0.463. The highest BCUT2D eigenvalue weighted by Crippen LogP contribution is 2.64. The molecule has 1 saturated heterocycles. The van der Waals surface area contributed by atoms with Gasteiger partial charge in [0.25, 0.3) is 0 Å². The standard InChI is InChI=1S/C25H39N7O3/c1-30-18(3-2-4-31-23(28)29)22(34)35-25-10-14-5-15(11-25)9-24(8-14,13-25)20(27)21(33)32-17(12-26)6-16-7-19(16)32/h14-20,30H,2-11,13,27H2,1H3,(H4,28,29,31). The van der Waals surface area contributed by atoms with E-state index in [1.54, 1.807) is 11.9 Å². The van der Waals surface area contributed by atoms with Crippen LogP contribution in [0.25, 0.3) is 0 Å². The normalized spacial score (nSPS) is 39.9. The predicted molar refractivity (Wildman–Crippen MR) is 129 cm³/mol. The fourth-order valence-corrected chi connectivity index (χ4v) is 8.21. The number of rotatable bonds is 9. The number of carbonyl (C=O) groups excluding carboxylic acids is 2. The monoisotopic (exact) mass is 485 g/mol. The topological polar surface area (TPSA) is 173 Å². The number of ether oxygens (including phenoxy) is 1. The van der Waals surface area contributed by atoms with Crippen LogP contribution in [-0.2, 0) is 14.3 Å². The molecule has 1 heterocycles. The van der Waals surface area contributed by atoms with Crippen molar-refractivity contribution in [3.8, 4) is 6.07 Å². The minimum atomic E-state index is -0.652. The highest BCUT2D eigenvalue weighted by molar-refractivity contribution is 5.84. The van der Waals surface area contributed by atoms with Gasteiger partial charge in [-0.15, -0.1) is 0 Å². The van der Waals surface area contributed by atoms with Gasteiger partial charge in [-0.1, -0.05) is 0 Å². The van der Waals surface area contributed by atoms with E-state index in [2.05, 4.69) is 16.4 Å². The Morgan fingerprint density at radius 1 is 1.20 bits per heavy atom. The summed E-state index contributed by atoms with van der Waals surface area (Å²) in [5, 5.41) is 12.7. The van der Waals surface area contributed by atoms with Gasteiger partial charge in [0.05, 0.1) is 12.1 Å². The minimum Gasteiger partial charge on any atom is -0.458 e. The number of piperidine rings is 1. The van der Waals surface area contributed by atoms with E-state index in [1.165, 1.54) is 0 Å². The predicted octanol–water partition coefficient (Wildman–Crippen LogP) is 0.350. The van der Waals surface area contributed by atoms with E-state index in [0.717, 1.165) is 44.9 Å². The van der Waals surface area contributed by atoms with Crippen LogP contribution in [0, 0.1) is 34.5 Å². The molecule has 192 valence electrons. The molecule has 0 aromatic heterocycles. The second-order valence-corrected chi connectivity index (χ2v) is 11.9. The first-order valence-electron chi connectivity index (χ1n) is 13.1. The van der Waals surface area contributed by atoms with Crippen molar-refractivity contribution in [3.05, 3.63) is 0 Å². The molecule has 7 atom stereocenters. The number of nitrogens with one attached hydrogen (secondary N) is 1. The van der Waals surface area contributed by atoms with Gasteiger partial charge < -0.3 is 32.2 Å². The lowest BCUT2D eigenvalue weighted by Gasteiger charge is -2.62. The van der Waals surface area contributed by atoms with Crippen molar-refractivity contribution in [1.82, 2.24) is 10.2 Å². The number of hydrogen-bond donors (Lipinski definition) is 4. The van der Waals surface area contributed by atoms with Crippen molar-refractivity contribution in [2.45, 2.75) is 94.0 Å². The quantitative estimate of drug-likeness (QED) is 0.157. The van der Waals surface area contributed by atoms with Crippen LogP contribution in [0.4, 0.5) is 0 Å². The largest absolute Gasteiger partial charge is 0.458 e. The first kappa shape index (κ1) is 24.3. The van der Waals surface area contributed by atoms with Crippen LogP contribution in [0.2, 0.25) is 0 Å². The molecule has 4 bridgehead atoms. The Morgan fingerprint density at radius 3 is 2.54 bits per heavy atom. The second kappa shape index (κ2) is 8.93. The van der Waals surface area contributed by atoms with E-state index < -0.39 is 17.7 Å². The van der Waals surface area contributed by atoms with Crippen LogP contribution >= 0.6 is 0 Å². The molecule has 10 heteroatoms. The van der Waals surface area contributed by atoms with Gasteiger partial charge in [0.15, 0.2) is 5.96 Å². The maximum absolute atomic E-state index is 13.6. The van der Waals surface area contributed by atoms with Crippen LogP contribution in [-0.4, -0.2) is 66.1 Å². The van der Waals surface area contributed by atoms with Crippen molar-refractivity contribution in [2.24, 2.45) is 45.4 Å². The summed E-state index contributed by atoms with van der Waals surface area (Å²) in [5.41, 5.74) is 16.6. The molecule has 0 aromatic carbocycles. The van der Waals surface area contributed by atoms with E-state index in [0.29, 0.717) is 43.6 Å². The van der Waals surface area contributed by atoms with E-state index in [9.17, 15) is 14.9 Å². The zero-order valence-electron chi connectivity index (χ0n) is 20.6. The number of guanidine groups is 1. The molecule has 0 spiro atoms. The van der Waals surface area contributed by atoms with Crippen molar-refractivity contribution in [1.29, 1.82) is 5.26 Å². The van der Waals surface area contributed by atoms with E-state index >= 15 is 0 Å². The lowest BCUT2D eigenvalue weighted by molar-refractivity contribution is -0.207. The molecule has 5 aliphatic carbocycles. The molecule has 7 N–H and O–H groups in total. The summed E-state index contributed by atoms with van der Waals surface area (Å²) in [5.74, 6) is 1.01. The van der Waals surface area contributed by atoms with Crippen LogP contribution in [0.3, 0.4) is 0 Å². The molecule has 7 unspecified atom stereocenters. The average Bonchev–Trinajstić information content (AvgIpc) is 3.46. The molecular weight excluding hydrogens is 446 g/mol. The summed E-state index contributed by atoms with van der Waals surface area (Å²) in [6.07, 6.45) is 8.25. The molecule has 35 heavy (non-hydrogen) atoms. The molecule has 6 fully saturated rings. The van der Waals surface area contributed by atoms with Crippen molar-refractivity contribution < 1.29 is 14.3 Å². The van der Waals surface area contributed by atoms with Gasteiger partial charge in [-0.25, -0.2) is 0 Å². The summed E-state index contributed by atoms with van der Waals surface area (Å²) in [7, 11) is 1.76. The summed E-state index contributed by atoms with van der Waals surface area (Å²) in [6, 6.07) is 1.07. The fourth-order valence-electron chi connectivity index (χ4n) is 8.21. The zero-order valence-corrected chi connectivity index (χ0v) is 20.6. The smallest absolute Gasteiger partial charge is 0.323 e. The van der Waals surface area contributed by atoms with Gasteiger partial charge in [0, 0.05) is 12.6 Å². The maximum atomic E-state index is 13.6. The molecule has 6 rings (SSSR count).